The Hall–Kier alpha value is -0.430. The zero-order valence-corrected chi connectivity index (χ0v) is 12.5. The van der Waals surface area contributed by atoms with E-state index in [0.717, 1.165) is 24.8 Å². The second kappa shape index (κ2) is 5.69. The molecule has 1 fully saturated rings. The van der Waals surface area contributed by atoms with E-state index in [2.05, 4.69) is 5.32 Å². The van der Waals surface area contributed by atoms with Crippen LogP contribution < -0.4 is 5.32 Å². The maximum Gasteiger partial charge on any atom is 0.252 e. The van der Waals surface area contributed by atoms with Crippen LogP contribution in [0.4, 0.5) is 0 Å². The van der Waals surface area contributed by atoms with Gasteiger partial charge >= 0.3 is 0 Å². The molecule has 1 aromatic heterocycles. The van der Waals surface area contributed by atoms with Crippen molar-refractivity contribution in [1.82, 2.24) is 9.62 Å². The summed E-state index contributed by atoms with van der Waals surface area (Å²) in [7, 11) is -1.42. The van der Waals surface area contributed by atoms with E-state index in [1.165, 1.54) is 11.3 Å². The second-order valence-electron chi connectivity index (χ2n) is 4.76. The lowest BCUT2D eigenvalue weighted by atomic mass is 10.1. The van der Waals surface area contributed by atoms with E-state index in [4.69, 9.17) is 0 Å². The summed E-state index contributed by atoms with van der Waals surface area (Å²) in [5.74, 6) is 0. The average molecular weight is 288 g/mol. The van der Waals surface area contributed by atoms with Crippen LogP contribution in [0.15, 0.2) is 15.7 Å². The predicted molar refractivity (Wildman–Crippen MR) is 74.3 cm³/mol. The summed E-state index contributed by atoms with van der Waals surface area (Å²) >= 11 is 1.32. The van der Waals surface area contributed by atoms with Gasteiger partial charge in [0.2, 0.25) is 0 Å². The van der Waals surface area contributed by atoms with Crippen molar-refractivity contribution in [1.29, 1.82) is 0 Å². The normalized spacial score (nSPS) is 22.2. The van der Waals surface area contributed by atoms with Crippen molar-refractivity contribution in [3.8, 4) is 0 Å². The average Bonchev–Trinajstić information content (AvgIpc) is 2.79. The number of hydrogen-bond donors (Lipinski definition) is 1. The second-order valence-corrected chi connectivity index (χ2v) is 7.79. The molecule has 1 aliphatic heterocycles. The molecule has 1 aliphatic rings. The van der Waals surface area contributed by atoms with E-state index in [1.54, 1.807) is 10.4 Å². The number of thiophene rings is 1. The summed E-state index contributed by atoms with van der Waals surface area (Å²) in [6, 6.07) is 1.91. The molecule has 0 spiro atoms. The molecule has 0 saturated carbocycles. The molecule has 1 atom stereocenters. The highest BCUT2D eigenvalue weighted by Crippen LogP contribution is 2.28. The maximum absolute atomic E-state index is 12.5. The van der Waals surface area contributed by atoms with E-state index in [9.17, 15) is 8.42 Å². The lowest BCUT2D eigenvalue weighted by Crippen LogP contribution is -2.41. The monoisotopic (exact) mass is 288 g/mol. The first kappa shape index (κ1) is 14.0. The van der Waals surface area contributed by atoms with Crippen LogP contribution in [0.1, 0.15) is 31.7 Å². The minimum absolute atomic E-state index is 0.124. The van der Waals surface area contributed by atoms with Crippen molar-refractivity contribution >= 4 is 21.4 Å². The lowest BCUT2D eigenvalue weighted by molar-refractivity contribution is 0.269. The van der Waals surface area contributed by atoms with Gasteiger partial charge in [-0.1, -0.05) is 6.42 Å². The molecular weight excluding hydrogens is 268 g/mol. The predicted octanol–water partition coefficient (Wildman–Crippen LogP) is 2.03. The number of nitrogens with zero attached hydrogens (tertiary/aromatic N) is 1. The zero-order valence-electron chi connectivity index (χ0n) is 10.8. The molecule has 102 valence electrons. The van der Waals surface area contributed by atoms with Gasteiger partial charge in [0.25, 0.3) is 10.0 Å². The van der Waals surface area contributed by atoms with Gasteiger partial charge in [0.15, 0.2) is 0 Å². The van der Waals surface area contributed by atoms with Crippen molar-refractivity contribution in [2.75, 3.05) is 13.6 Å². The van der Waals surface area contributed by atoms with Gasteiger partial charge < -0.3 is 5.32 Å². The highest BCUT2D eigenvalue weighted by atomic mass is 32.2. The molecule has 1 aromatic rings. The minimum Gasteiger partial charge on any atom is -0.316 e. The molecular formula is C12H20N2O2S2. The van der Waals surface area contributed by atoms with Gasteiger partial charge in [0, 0.05) is 19.1 Å². The molecule has 0 aromatic carbocycles. The van der Waals surface area contributed by atoms with Crippen molar-refractivity contribution in [3.05, 3.63) is 17.0 Å². The van der Waals surface area contributed by atoms with E-state index in [1.807, 2.05) is 19.4 Å². The number of rotatable bonds is 4. The fraction of sp³-hybridized carbons (Fsp3) is 0.667. The van der Waals surface area contributed by atoms with Crippen LogP contribution in [0.2, 0.25) is 0 Å². The van der Waals surface area contributed by atoms with Crippen molar-refractivity contribution < 1.29 is 8.42 Å². The van der Waals surface area contributed by atoms with Gasteiger partial charge in [0.1, 0.15) is 4.21 Å². The highest BCUT2D eigenvalue weighted by Gasteiger charge is 2.31. The number of piperidine rings is 1. The molecule has 2 heterocycles. The standard InChI is InChI=1S/C12H20N2O2S2/c1-10-5-3-4-6-14(10)18(15,16)12-7-11(8-13-2)9-17-12/h7,9-10,13H,3-6,8H2,1-2H3. The summed E-state index contributed by atoms with van der Waals surface area (Å²) in [5, 5.41) is 4.95. The van der Waals surface area contributed by atoms with Crippen LogP contribution in [-0.2, 0) is 16.6 Å². The van der Waals surface area contributed by atoms with Crippen LogP contribution in [0, 0.1) is 0 Å². The van der Waals surface area contributed by atoms with Crippen LogP contribution >= 0.6 is 11.3 Å². The molecule has 1 unspecified atom stereocenters. The zero-order chi connectivity index (χ0) is 13.2. The van der Waals surface area contributed by atoms with E-state index in [-0.39, 0.29) is 6.04 Å². The number of nitrogens with one attached hydrogen (secondary N) is 1. The van der Waals surface area contributed by atoms with Gasteiger partial charge in [0.05, 0.1) is 0 Å². The van der Waals surface area contributed by atoms with Crippen molar-refractivity contribution in [2.45, 2.75) is 43.0 Å². The van der Waals surface area contributed by atoms with Crippen LogP contribution in [0.3, 0.4) is 0 Å². The molecule has 18 heavy (non-hydrogen) atoms. The van der Waals surface area contributed by atoms with E-state index >= 15 is 0 Å². The molecule has 1 N–H and O–H groups in total. The minimum atomic E-state index is -3.28. The Morgan fingerprint density at radius 3 is 2.94 bits per heavy atom. The third-order valence-corrected chi connectivity index (χ3v) is 6.79. The molecule has 2 rings (SSSR count). The molecule has 0 aliphatic carbocycles. The van der Waals surface area contributed by atoms with Crippen molar-refractivity contribution in [2.24, 2.45) is 0 Å². The molecule has 0 radical (unpaired) electrons. The van der Waals surface area contributed by atoms with E-state index < -0.39 is 10.0 Å². The summed E-state index contributed by atoms with van der Waals surface area (Å²) < 4.78 is 27.2. The Bertz CT molecular complexity index is 496. The Balaban J connectivity index is 2.23. The maximum atomic E-state index is 12.5. The largest absolute Gasteiger partial charge is 0.316 e. The van der Waals surface area contributed by atoms with Gasteiger partial charge in [-0.3, -0.25) is 0 Å². The molecule has 0 bridgehead atoms. The van der Waals surface area contributed by atoms with E-state index in [0.29, 0.717) is 17.3 Å². The van der Waals surface area contributed by atoms with Crippen LogP contribution in [0.5, 0.6) is 0 Å². The third-order valence-electron chi connectivity index (χ3n) is 3.32. The summed E-state index contributed by atoms with van der Waals surface area (Å²) in [6.45, 7) is 3.36. The lowest BCUT2D eigenvalue weighted by Gasteiger charge is -2.31. The quantitative estimate of drug-likeness (QED) is 0.922. The molecule has 0 amide bonds. The first-order valence-corrected chi connectivity index (χ1v) is 8.61. The topological polar surface area (TPSA) is 49.4 Å². The third kappa shape index (κ3) is 2.77. The van der Waals surface area contributed by atoms with Gasteiger partial charge in [-0.05, 0) is 43.8 Å². The van der Waals surface area contributed by atoms with Crippen LogP contribution in [-0.4, -0.2) is 32.4 Å². The summed E-state index contributed by atoms with van der Waals surface area (Å²) in [6.07, 6.45) is 3.06. The highest BCUT2D eigenvalue weighted by molar-refractivity contribution is 7.91. The van der Waals surface area contributed by atoms with Gasteiger partial charge in [-0.2, -0.15) is 4.31 Å². The molecule has 1 saturated heterocycles. The number of sulfonamides is 1. The van der Waals surface area contributed by atoms with Crippen LogP contribution in [0.25, 0.3) is 0 Å². The number of hydrogen-bond acceptors (Lipinski definition) is 4. The Morgan fingerprint density at radius 1 is 1.50 bits per heavy atom. The molecule has 6 heteroatoms. The van der Waals surface area contributed by atoms with Crippen molar-refractivity contribution in [3.63, 3.8) is 0 Å². The fourth-order valence-corrected chi connectivity index (χ4v) is 5.37. The van der Waals surface area contributed by atoms with Gasteiger partial charge in [-0.15, -0.1) is 11.3 Å². The first-order chi connectivity index (χ1) is 8.55. The smallest absolute Gasteiger partial charge is 0.252 e. The SMILES string of the molecule is CNCc1csc(S(=O)(=O)N2CCCCC2C)c1. The molecule has 4 nitrogen and oxygen atoms in total. The van der Waals surface area contributed by atoms with Gasteiger partial charge in [-0.25, -0.2) is 8.42 Å². The Labute approximate surface area is 113 Å². The Kier molecular flexibility index (Phi) is 4.42. The summed E-state index contributed by atoms with van der Waals surface area (Å²) in [5.41, 5.74) is 1.03. The fourth-order valence-electron chi connectivity index (χ4n) is 2.33. The Morgan fingerprint density at radius 2 is 2.28 bits per heavy atom. The summed E-state index contributed by atoms with van der Waals surface area (Å²) in [4.78, 5) is 0. The first-order valence-electron chi connectivity index (χ1n) is 6.29.